The highest BCUT2D eigenvalue weighted by Gasteiger charge is 2.19. The van der Waals surface area contributed by atoms with E-state index in [2.05, 4.69) is 16.4 Å². The van der Waals surface area contributed by atoms with Crippen LogP contribution >= 0.6 is 22.7 Å². The number of aromatic amines is 1. The molecule has 0 fully saturated rings. The van der Waals surface area contributed by atoms with Gasteiger partial charge >= 0.3 is 0 Å². The standard InChI is InChI=1S/C16H11NOS2/c1-9-15(10-4-2-3-5-11(10)17-9)16(18)14-8-13-12(20-14)6-7-19-13/h2-8,17H,1H3. The van der Waals surface area contributed by atoms with E-state index in [9.17, 15) is 4.79 Å². The van der Waals surface area contributed by atoms with Crippen molar-refractivity contribution in [3.8, 4) is 0 Å². The molecule has 1 N–H and O–H groups in total. The number of aryl methyl sites for hydroxylation is 1. The van der Waals surface area contributed by atoms with Crippen LogP contribution in [0.3, 0.4) is 0 Å². The van der Waals surface area contributed by atoms with E-state index in [0.29, 0.717) is 0 Å². The second-order valence-electron chi connectivity index (χ2n) is 4.76. The van der Waals surface area contributed by atoms with Crippen molar-refractivity contribution in [2.24, 2.45) is 0 Å². The lowest BCUT2D eigenvalue weighted by Gasteiger charge is -1.98. The highest BCUT2D eigenvalue weighted by molar-refractivity contribution is 7.28. The van der Waals surface area contributed by atoms with Crippen molar-refractivity contribution in [3.05, 3.63) is 57.9 Å². The van der Waals surface area contributed by atoms with E-state index in [1.165, 1.54) is 9.40 Å². The molecule has 4 aromatic rings. The van der Waals surface area contributed by atoms with Crippen molar-refractivity contribution in [3.63, 3.8) is 0 Å². The summed E-state index contributed by atoms with van der Waals surface area (Å²) < 4.78 is 2.38. The molecule has 4 rings (SSSR count). The monoisotopic (exact) mass is 297 g/mol. The van der Waals surface area contributed by atoms with Crippen LogP contribution in [-0.4, -0.2) is 10.8 Å². The van der Waals surface area contributed by atoms with Gasteiger partial charge in [0.25, 0.3) is 0 Å². The molecule has 0 radical (unpaired) electrons. The van der Waals surface area contributed by atoms with E-state index in [4.69, 9.17) is 0 Å². The van der Waals surface area contributed by atoms with E-state index in [1.807, 2.05) is 37.3 Å². The molecular weight excluding hydrogens is 286 g/mol. The van der Waals surface area contributed by atoms with Gasteiger partial charge in [0.05, 0.1) is 10.4 Å². The molecule has 1 aromatic carbocycles. The zero-order valence-electron chi connectivity index (χ0n) is 10.8. The zero-order chi connectivity index (χ0) is 13.7. The molecule has 0 bridgehead atoms. The summed E-state index contributed by atoms with van der Waals surface area (Å²) in [5, 5.41) is 3.07. The minimum atomic E-state index is 0.119. The van der Waals surface area contributed by atoms with Crippen LogP contribution in [0.2, 0.25) is 0 Å². The lowest BCUT2D eigenvalue weighted by Crippen LogP contribution is -1.99. The van der Waals surface area contributed by atoms with E-state index in [-0.39, 0.29) is 5.78 Å². The Morgan fingerprint density at radius 1 is 1.15 bits per heavy atom. The number of benzene rings is 1. The Morgan fingerprint density at radius 3 is 2.85 bits per heavy atom. The summed E-state index contributed by atoms with van der Waals surface area (Å²) in [6, 6.07) is 12.0. The van der Waals surface area contributed by atoms with Crippen LogP contribution in [0.1, 0.15) is 20.9 Å². The number of nitrogens with one attached hydrogen (secondary N) is 1. The number of para-hydroxylation sites is 1. The third-order valence-corrected chi connectivity index (χ3v) is 5.58. The average Bonchev–Trinajstić information content (AvgIpc) is 3.08. The first-order chi connectivity index (χ1) is 9.74. The smallest absolute Gasteiger partial charge is 0.205 e. The van der Waals surface area contributed by atoms with Crippen LogP contribution in [0.15, 0.2) is 41.8 Å². The second kappa shape index (κ2) is 4.30. The molecule has 0 unspecified atom stereocenters. The molecule has 20 heavy (non-hydrogen) atoms. The van der Waals surface area contributed by atoms with Crippen LogP contribution in [0, 0.1) is 6.92 Å². The third-order valence-electron chi connectivity index (χ3n) is 3.48. The Bertz CT molecular complexity index is 913. The van der Waals surface area contributed by atoms with Gasteiger partial charge in [0.2, 0.25) is 5.78 Å². The van der Waals surface area contributed by atoms with E-state index >= 15 is 0 Å². The van der Waals surface area contributed by atoms with Gasteiger partial charge in [-0.2, -0.15) is 0 Å². The number of ketones is 1. The molecule has 98 valence electrons. The number of fused-ring (bicyclic) bond motifs is 2. The number of thiophene rings is 2. The summed E-state index contributed by atoms with van der Waals surface area (Å²) in [6.07, 6.45) is 0. The summed E-state index contributed by atoms with van der Waals surface area (Å²) in [5.41, 5.74) is 2.76. The van der Waals surface area contributed by atoms with Gasteiger partial charge < -0.3 is 4.98 Å². The lowest BCUT2D eigenvalue weighted by atomic mass is 10.1. The van der Waals surface area contributed by atoms with Crippen LogP contribution in [0.5, 0.6) is 0 Å². The molecule has 0 atom stereocenters. The maximum atomic E-state index is 12.8. The minimum absolute atomic E-state index is 0.119. The normalized spacial score (nSPS) is 11.4. The minimum Gasteiger partial charge on any atom is -0.358 e. The Labute approximate surface area is 123 Å². The van der Waals surface area contributed by atoms with Crippen molar-refractivity contribution >= 4 is 48.8 Å². The molecule has 0 saturated carbocycles. The highest BCUT2D eigenvalue weighted by atomic mass is 32.1. The number of hydrogen-bond acceptors (Lipinski definition) is 3. The molecule has 2 nitrogen and oxygen atoms in total. The third kappa shape index (κ3) is 1.65. The zero-order valence-corrected chi connectivity index (χ0v) is 12.4. The Kier molecular flexibility index (Phi) is 2.55. The van der Waals surface area contributed by atoms with Crippen LogP contribution in [-0.2, 0) is 0 Å². The van der Waals surface area contributed by atoms with Crippen molar-refractivity contribution in [2.75, 3.05) is 0 Å². The molecular formula is C16H11NOS2. The largest absolute Gasteiger partial charge is 0.358 e. The number of H-pyrrole nitrogens is 1. The molecule has 0 aliphatic carbocycles. The number of carbonyl (C=O) groups is 1. The van der Waals surface area contributed by atoms with E-state index < -0.39 is 0 Å². The quantitative estimate of drug-likeness (QED) is 0.520. The molecule has 0 aliphatic heterocycles. The fraction of sp³-hybridized carbons (Fsp3) is 0.0625. The molecule has 0 saturated heterocycles. The first-order valence-electron chi connectivity index (χ1n) is 6.33. The summed E-state index contributed by atoms with van der Waals surface area (Å²) in [5.74, 6) is 0.119. The molecule has 3 aromatic heterocycles. The second-order valence-corrected chi connectivity index (χ2v) is 6.79. The molecule has 0 amide bonds. The van der Waals surface area contributed by atoms with Crippen molar-refractivity contribution in [1.29, 1.82) is 0 Å². The molecule has 3 heterocycles. The van der Waals surface area contributed by atoms with Gasteiger partial charge in [-0.25, -0.2) is 0 Å². The van der Waals surface area contributed by atoms with Crippen LogP contribution in [0.25, 0.3) is 20.3 Å². The predicted octanol–water partition coefficient (Wildman–Crippen LogP) is 4.98. The Hall–Kier alpha value is -1.91. The number of carbonyl (C=O) groups excluding carboxylic acids is 1. The van der Waals surface area contributed by atoms with E-state index in [1.54, 1.807) is 22.7 Å². The fourth-order valence-corrected chi connectivity index (χ4v) is 4.63. The Morgan fingerprint density at radius 2 is 2.00 bits per heavy atom. The maximum absolute atomic E-state index is 12.8. The van der Waals surface area contributed by atoms with Gasteiger partial charge in [0.15, 0.2) is 0 Å². The first kappa shape index (κ1) is 11.9. The van der Waals surface area contributed by atoms with Gasteiger partial charge in [-0.3, -0.25) is 4.79 Å². The summed E-state index contributed by atoms with van der Waals surface area (Å²) in [6.45, 7) is 1.96. The topological polar surface area (TPSA) is 32.9 Å². The molecule has 4 heteroatoms. The van der Waals surface area contributed by atoms with Crippen LogP contribution < -0.4 is 0 Å². The predicted molar refractivity (Wildman–Crippen MR) is 86.2 cm³/mol. The van der Waals surface area contributed by atoms with Gasteiger partial charge in [0.1, 0.15) is 0 Å². The highest BCUT2D eigenvalue weighted by Crippen LogP contribution is 2.33. The number of rotatable bonds is 2. The molecule has 0 aliphatic rings. The van der Waals surface area contributed by atoms with Crippen molar-refractivity contribution in [1.82, 2.24) is 4.98 Å². The maximum Gasteiger partial charge on any atom is 0.205 e. The number of hydrogen-bond donors (Lipinski definition) is 1. The van der Waals surface area contributed by atoms with Crippen LogP contribution in [0.4, 0.5) is 0 Å². The number of aromatic nitrogens is 1. The first-order valence-corrected chi connectivity index (χ1v) is 8.03. The summed E-state index contributed by atoms with van der Waals surface area (Å²) in [7, 11) is 0. The summed E-state index contributed by atoms with van der Waals surface area (Å²) >= 11 is 3.26. The van der Waals surface area contributed by atoms with Crippen molar-refractivity contribution in [2.45, 2.75) is 6.92 Å². The van der Waals surface area contributed by atoms with Gasteiger partial charge in [-0.15, -0.1) is 22.7 Å². The van der Waals surface area contributed by atoms with E-state index in [0.717, 1.165) is 27.0 Å². The SMILES string of the molecule is Cc1[nH]c2ccccc2c1C(=O)c1cc2sccc2s1. The molecule has 0 spiro atoms. The Balaban J connectivity index is 1.92. The van der Waals surface area contributed by atoms with Gasteiger partial charge in [-0.1, -0.05) is 18.2 Å². The van der Waals surface area contributed by atoms with Gasteiger partial charge in [-0.05, 0) is 30.5 Å². The van der Waals surface area contributed by atoms with Crippen molar-refractivity contribution < 1.29 is 4.79 Å². The lowest BCUT2D eigenvalue weighted by molar-refractivity contribution is 0.104. The fourth-order valence-electron chi connectivity index (χ4n) is 2.57. The summed E-state index contributed by atoms with van der Waals surface area (Å²) in [4.78, 5) is 16.9. The average molecular weight is 297 g/mol. The van der Waals surface area contributed by atoms with Gasteiger partial charge in [0, 0.05) is 26.0 Å².